The molecule has 0 saturated carbocycles. The second-order valence-electron chi connectivity index (χ2n) is 4.58. The average Bonchev–Trinajstić information content (AvgIpc) is 2.46. The summed E-state index contributed by atoms with van der Waals surface area (Å²) in [5.41, 5.74) is -0.0928. The van der Waals surface area contributed by atoms with Crippen molar-refractivity contribution < 1.29 is 9.72 Å². The maximum Gasteiger partial charge on any atom is 0.288 e. The minimum atomic E-state index is -0.513. The maximum absolute atomic E-state index is 12.0. The van der Waals surface area contributed by atoms with Gasteiger partial charge in [-0.25, -0.2) is 4.98 Å². The van der Waals surface area contributed by atoms with Gasteiger partial charge in [0.2, 0.25) is 5.91 Å². The van der Waals surface area contributed by atoms with Gasteiger partial charge in [0.15, 0.2) is 0 Å². The monoisotopic (exact) mass is 342 g/mol. The smallest absolute Gasteiger partial charge is 0.288 e. The summed E-state index contributed by atoms with van der Waals surface area (Å²) in [6.45, 7) is 1.74. The fourth-order valence-electron chi connectivity index (χ4n) is 2.07. The molecule has 0 atom stereocenters. The van der Waals surface area contributed by atoms with E-state index in [1.165, 1.54) is 18.7 Å². The number of nitro groups is 1. The van der Waals surface area contributed by atoms with Gasteiger partial charge in [0, 0.05) is 19.2 Å². The lowest BCUT2D eigenvalue weighted by Crippen LogP contribution is -2.39. The molecule has 0 aliphatic carbocycles. The minimum Gasteiger partial charge on any atom is -0.360 e. The van der Waals surface area contributed by atoms with E-state index in [0.717, 1.165) is 25.9 Å². The molecular weight excluding hydrogens is 328 g/mol. The lowest BCUT2D eigenvalue weighted by atomic mass is 10.1. The van der Waals surface area contributed by atoms with E-state index in [-0.39, 0.29) is 18.1 Å². The quantitative estimate of drug-likeness (QED) is 0.669. The Bertz CT molecular complexity index is 517. The van der Waals surface area contributed by atoms with Gasteiger partial charge in [0.1, 0.15) is 12.0 Å². The molecule has 0 aromatic carbocycles. The molecule has 1 amide bonds. The Balaban J connectivity index is 1.93. The van der Waals surface area contributed by atoms with Gasteiger partial charge in [-0.05, 0) is 35.2 Å². The van der Waals surface area contributed by atoms with Crippen molar-refractivity contribution in [2.75, 3.05) is 25.0 Å². The van der Waals surface area contributed by atoms with Crippen LogP contribution in [0.1, 0.15) is 19.3 Å². The zero-order chi connectivity index (χ0) is 14.5. The predicted molar refractivity (Wildman–Crippen MR) is 77.5 cm³/mol. The van der Waals surface area contributed by atoms with Gasteiger partial charge < -0.3 is 10.2 Å². The SMILES string of the molecule is O=C(CNc1ncc([N+](=O)[O-])cc1Br)N1CCCCC1. The lowest BCUT2D eigenvalue weighted by Gasteiger charge is -2.26. The van der Waals surface area contributed by atoms with Gasteiger partial charge in [-0.2, -0.15) is 0 Å². The van der Waals surface area contributed by atoms with Crippen molar-refractivity contribution >= 4 is 33.3 Å². The number of nitrogens with one attached hydrogen (secondary N) is 1. The third kappa shape index (κ3) is 3.66. The van der Waals surface area contributed by atoms with Crippen LogP contribution in [0, 0.1) is 10.1 Å². The highest BCUT2D eigenvalue weighted by Crippen LogP contribution is 2.24. The third-order valence-electron chi connectivity index (χ3n) is 3.15. The molecule has 1 aromatic heterocycles. The van der Waals surface area contributed by atoms with Crippen LogP contribution < -0.4 is 5.32 Å². The number of likely N-dealkylation sites (tertiary alicyclic amines) is 1. The Morgan fingerprint density at radius 2 is 2.15 bits per heavy atom. The zero-order valence-electron chi connectivity index (χ0n) is 10.8. The molecular formula is C12H15BrN4O3. The van der Waals surface area contributed by atoms with Gasteiger partial charge in [-0.3, -0.25) is 14.9 Å². The van der Waals surface area contributed by atoms with Crippen molar-refractivity contribution in [3.8, 4) is 0 Å². The number of hydrogen-bond acceptors (Lipinski definition) is 5. The third-order valence-corrected chi connectivity index (χ3v) is 3.76. The van der Waals surface area contributed by atoms with Crippen LogP contribution in [-0.4, -0.2) is 40.3 Å². The fraction of sp³-hybridized carbons (Fsp3) is 0.500. The zero-order valence-corrected chi connectivity index (χ0v) is 12.4. The summed E-state index contributed by atoms with van der Waals surface area (Å²) in [6, 6.07) is 1.36. The number of rotatable bonds is 4. The van der Waals surface area contributed by atoms with Crippen molar-refractivity contribution in [3.05, 3.63) is 26.9 Å². The van der Waals surface area contributed by atoms with Crippen molar-refractivity contribution in [3.63, 3.8) is 0 Å². The van der Waals surface area contributed by atoms with Crippen LogP contribution >= 0.6 is 15.9 Å². The Morgan fingerprint density at radius 3 is 2.75 bits per heavy atom. The van der Waals surface area contributed by atoms with E-state index in [4.69, 9.17) is 0 Å². The fourth-order valence-corrected chi connectivity index (χ4v) is 2.55. The minimum absolute atomic E-state index is 0.0248. The molecule has 20 heavy (non-hydrogen) atoms. The molecule has 1 fully saturated rings. The largest absolute Gasteiger partial charge is 0.360 e. The Hall–Kier alpha value is -1.70. The molecule has 0 bridgehead atoms. The van der Waals surface area contributed by atoms with Crippen LogP contribution in [0.5, 0.6) is 0 Å². The predicted octanol–water partition coefficient (Wildman–Crippen LogP) is 2.18. The first kappa shape index (κ1) is 14.7. The molecule has 8 heteroatoms. The number of nitrogens with zero attached hydrogens (tertiary/aromatic N) is 3. The summed E-state index contributed by atoms with van der Waals surface area (Å²) in [4.78, 5) is 27.8. The van der Waals surface area contributed by atoms with Crippen molar-refractivity contribution in [2.24, 2.45) is 0 Å². The second-order valence-corrected chi connectivity index (χ2v) is 5.43. The Labute approximate surface area is 124 Å². The second kappa shape index (κ2) is 6.65. The first-order valence-electron chi connectivity index (χ1n) is 6.39. The van der Waals surface area contributed by atoms with Gasteiger partial charge >= 0.3 is 0 Å². The number of pyridine rings is 1. The Morgan fingerprint density at radius 1 is 1.45 bits per heavy atom. The van der Waals surface area contributed by atoms with Gasteiger partial charge in [0.25, 0.3) is 5.69 Å². The highest BCUT2D eigenvalue weighted by Gasteiger charge is 2.17. The molecule has 1 aromatic rings. The van der Waals surface area contributed by atoms with Crippen LogP contribution in [0.2, 0.25) is 0 Å². The summed E-state index contributed by atoms with van der Waals surface area (Å²) >= 11 is 3.21. The van der Waals surface area contributed by atoms with Gasteiger partial charge in [0.05, 0.1) is 15.9 Å². The molecule has 2 heterocycles. The lowest BCUT2D eigenvalue weighted by molar-refractivity contribution is -0.385. The van der Waals surface area contributed by atoms with Gasteiger partial charge in [-0.15, -0.1) is 0 Å². The average molecular weight is 343 g/mol. The van der Waals surface area contributed by atoms with Crippen LogP contribution in [0.3, 0.4) is 0 Å². The van der Waals surface area contributed by atoms with E-state index in [2.05, 4.69) is 26.2 Å². The molecule has 0 unspecified atom stereocenters. The van der Waals surface area contributed by atoms with Crippen molar-refractivity contribution in [2.45, 2.75) is 19.3 Å². The molecule has 1 saturated heterocycles. The number of carbonyl (C=O) groups excluding carboxylic acids is 1. The summed E-state index contributed by atoms with van der Waals surface area (Å²) in [5, 5.41) is 13.5. The summed E-state index contributed by atoms with van der Waals surface area (Å²) < 4.78 is 0.471. The van der Waals surface area contributed by atoms with E-state index >= 15 is 0 Å². The molecule has 2 rings (SSSR count). The number of carbonyl (C=O) groups is 1. The topological polar surface area (TPSA) is 88.4 Å². The van der Waals surface area contributed by atoms with E-state index in [1.807, 2.05) is 4.90 Å². The molecule has 108 valence electrons. The van der Waals surface area contributed by atoms with E-state index in [1.54, 1.807) is 0 Å². The van der Waals surface area contributed by atoms with E-state index in [0.29, 0.717) is 10.3 Å². The van der Waals surface area contributed by atoms with Crippen molar-refractivity contribution in [1.82, 2.24) is 9.88 Å². The number of aromatic nitrogens is 1. The van der Waals surface area contributed by atoms with Gasteiger partial charge in [-0.1, -0.05) is 0 Å². The van der Waals surface area contributed by atoms with E-state index in [9.17, 15) is 14.9 Å². The molecule has 0 spiro atoms. The van der Waals surface area contributed by atoms with Crippen LogP contribution in [0.4, 0.5) is 11.5 Å². The van der Waals surface area contributed by atoms with Crippen LogP contribution in [-0.2, 0) is 4.79 Å². The summed E-state index contributed by atoms with van der Waals surface area (Å²) in [5.74, 6) is 0.456. The van der Waals surface area contributed by atoms with Crippen molar-refractivity contribution in [1.29, 1.82) is 0 Å². The van der Waals surface area contributed by atoms with Crippen LogP contribution in [0.15, 0.2) is 16.7 Å². The number of amides is 1. The highest BCUT2D eigenvalue weighted by atomic mass is 79.9. The number of piperidine rings is 1. The number of hydrogen-bond donors (Lipinski definition) is 1. The molecule has 1 aliphatic heterocycles. The first-order chi connectivity index (χ1) is 9.58. The molecule has 0 radical (unpaired) electrons. The van der Waals surface area contributed by atoms with E-state index < -0.39 is 4.92 Å². The maximum atomic E-state index is 12.0. The molecule has 1 N–H and O–H groups in total. The number of halogens is 1. The molecule has 7 nitrogen and oxygen atoms in total. The summed E-state index contributed by atoms with van der Waals surface area (Å²) in [7, 11) is 0. The first-order valence-corrected chi connectivity index (χ1v) is 7.19. The van der Waals surface area contributed by atoms with Crippen LogP contribution in [0.25, 0.3) is 0 Å². The summed E-state index contributed by atoms with van der Waals surface area (Å²) in [6.07, 6.45) is 4.43. The normalized spacial score (nSPS) is 14.9. The standard InChI is InChI=1S/C12H15BrN4O3/c13-10-6-9(17(19)20)7-14-12(10)15-8-11(18)16-4-2-1-3-5-16/h6-7H,1-5,8H2,(H,14,15). The highest BCUT2D eigenvalue weighted by molar-refractivity contribution is 9.10. The number of anilines is 1. The molecule has 1 aliphatic rings. The Kier molecular flexibility index (Phi) is 4.89.